The number of piperazine rings is 1. The van der Waals surface area contributed by atoms with Gasteiger partial charge in [0.15, 0.2) is 11.5 Å². The molecule has 160 valence electrons. The van der Waals surface area contributed by atoms with Crippen molar-refractivity contribution in [3.05, 3.63) is 29.7 Å². The number of rotatable bonds is 8. The molecule has 1 saturated heterocycles. The van der Waals surface area contributed by atoms with Gasteiger partial charge >= 0.3 is 0 Å². The van der Waals surface area contributed by atoms with Crippen LogP contribution in [0.15, 0.2) is 18.3 Å². The highest BCUT2D eigenvalue weighted by molar-refractivity contribution is 5.94. The van der Waals surface area contributed by atoms with Crippen molar-refractivity contribution in [2.75, 3.05) is 52.9 Å². The first-order valence-corrected chi connectivity index (χ1v) is 10.7. The molecule has 1 atom stereocenters. The SMILES string of the molecule is CCN(CC)CCNC(=O)c1ccc2nnc([C@@H]3CN(C)CCN3C(C)C)n2c1. The zero-order valence-corrected chi connectivity index (χ0v) is 18.4. The van der Waals surface area contributed by atoms with Crippen LogP contribution in [0.1, 0.15) is 49.9 Å². The second-order valence-corrected chi connectivity index (χ2v) is 8.10. The average Bonchev–Trinajstić information content (AvgIpc) is 3.13. The van der Waals surface area contributed by atoms with Gasteiger partial charge in [0.2, 0.25) is 0 Å². The third kappa shape index (κ3) is 4.94. The molecular formula is C21H35N7O. The quantitative estimate of drug-likeness (QED) is 0.723. The molecule has 3 heterocycles. The Bertz CT molecular complexity index is 814. The molecule has 8 heteroatoms. The molecule has 0 unspecified atom stereocenters. The van der Waals surface area contributed by atoms with E-state index in [1.165, 1.54) is 0 Å². The molecule has 1 amide bonds. The van der Waals surface area contributed by atoms with Crippen LogP contribution in [0.25, 0.3) is 5.65 Å². The van der Waals surface area contributed by atoms with Crippen LogP contribution in [0.2, 0.25) is 0 Å². The number of carbonyl (C=O) groups excluding carboxylic acids is 1. The van der Waals surface area contributed by atoms with Gasteiger partial charge in [0.05, 0.1) is 11.6 Å². The Labute approximate surface area is 173 Å². The Morgan fingerprint density at radius 3 is 2.69 bits per heavy atom. The van der Waals surface area contributed by atoms with Gasteiger partial charge < -0.3 is 15.1 Å². The summed E-state index contributed by atoms with van der Waals surface area (Å²) in [7, 11) is 2.14. The number of aromatic nitrogens is 3. The van der Waals surface area contributed by atoms with Crippen molar-refractivity contribution in [2.45, 2.75) is 39.8 Å². The maximum absolute atomic E-state index is 12.7. The minimum Gasteiger partial charge on any atom is -0.351 e. The standard InChI is InChI=1S/C21H35N7O/c1-6-26(7-2)11-10-22-21(29)17-8-9-19-23-24-20(28(19)14-17)18-15-25(5)12-13-27(18)16(3)4/h8-9,14,16,18H,6-7,10-13,15H2,1-5H3,(H,22,29)/t18-/m0/s1. The van der Waals surface area contributed by atoms with E-state index in [0.717, 1.165) is 50.7 Å². The number of amides is 1. The lowest BCUT2D eigenvalue weighted by molar-refractivity contribution is 0.0586. The van der Waals surface area contributed by atoms with Gasteiger partial charge in [-0.05, 0) is 46.1 Å². The lowest BCUT2D eigenvalue weighted by Gasteiger charge is -2.41. The highest BCUT2D eigenvalue weighted by atomic mass is 16.1. The summed E-state index contributed by atoms with van der Waals surface area (Å²) < 4.78 is 1.98. The molecule has 0 spiro atoms. The Hall–Kier alpha value is -2.03. The summed E-state index contributed by atoms with van der Waals surface area (Å²) in [5.41, 5.74) is 1.41. The van der Waals surface area contributed by atoms with E-state index >= 15 is 0 Å². The highest BCUT2D eigenvalue weighted by Crippen LogP contribution is 2.26. The molecule has 1 N–H and O–H groups in total. The molecule has 2 aromatic rings. The van der Waals surface area contributed by atoms with Gasteiger partial charge in [0.25, 0.3) is 5.91 Å². The van der Waals surface area contributed by atoms with Crippen LogP contribution in [0.4, 0.5) is 0 Å². The molecule has 29 heavy (non-hydrogen) atoms. The van der Waals surface area contributed by atoms with E-state index in [9.17, 15) is 4.79 Å². The normalized spacial score (nSPS) is 18.8. The summed E-state index contributed by atoms with van der Waals surface area (Å²) in [6.45, 7) is 15.1. The fourth-order valence-corrected chi connectivity index (χ4v) is 4.02. The first-order chi connectivity index (χ1) is 13.9. The summed E-state index contributed by atoms with van der Waals surface area (Å²) >= 11 is 0. The Kier molecular flexibility index (Phi) is 7.21. The van der Waals surface area contributed by atoms with E-state index in [1.807, 2.05) is 22.7 Å². The number of pyridine rings is 1. The molecule has 0 aromatic carbocycles. The number of hydrogen-bond acceptors (Lipinski definition) is 6. The first-order valence-electron chi connectivity index (χ1n) is 10.7. The van der Waals surface area contributed by atoms with Crippen molar-refractivity contribution < 1.29 is 4.79 Å². The van der Waals surface area contributed by atoms with Gasteiger partial charge in [0.1, 0.15) is 0 Å². The molecular weight excluding hydrogens is 366 g/mol. The maximum Gasteiger partial charge on any atom is 0.252 e. The van der Waals surface area contributed by atoms with E-state index in [4.69, 9.17) is 0 Å². The van der Waals surface area contributed by atoms with E-state index in [1.54, 1.807) is 0 Å². The van der Waals surface area contributed by atoms with Crippen LogP contribution < -0.4 is 5.32 Å². The number of likely N-dealkylation sites (N-methyl/N-ethyl adjacent to an activating group) is 2. The maximum atomic E-state index is 12.7. The number of hydrogen-bond donors (Lipinski definition) is 1. The van der Waals surface area contributed by atoms with Crippen LogP contribution in [0, 0.1) is 0 Å². The van der Waals surface area contributed by atoms with Crippen LogP contribution in [-0.4, -0.2) is 94.1 Å². The summed E-state index contributed by atoms with van der Waals surface area (Å²) in [5, 5.41) is 11.9. The largest absolute Gasteiger partial charge is 0.351 e. The van der Waals surface area contributed by atoms with E-state index in [2.05, 4.69) is 65.0 Å². The number of nitrogens with one attached hydrogen (secondary N) is 1. The molecule has 0 saturated carbocycles. The van der Waals surface area contributed by atoms with Crippen molar-refractivity contribution in [1.29, 1.82) is 0 Å². The van der Waals surface area contributed by atoms with Crippen molar-refractivity contribution >= 4 is 11.6 Å². The Balaban J connectivity index is 1.80. The summed E-state index contributed by atoms with van der Waals surface area (Å²) in [6.07, 6.45) is 1.88. The van der Waals surface area contributed by atoms with Crippen LogP contribution in [0.3, 0.4) is 0 Å². The molecule has 2 aromatic heterocycles. The fourth-order valence-electron chi connectivity index (χ4n) is 4.02. The second-order valence-electron chi connectivity index (χ2n) is 8.10. The lowest BCUT2D eigenvalue weighted by atomic mass is 10.1. The van der Waals surface area contributed by atoms with Crippen molar-refractivity contribution in [3.63, 3.8) is 0 Å². The predicted octanol–water partition coefficient (Wildman–Crippen LogP) is 1.50. The van der Waals surface area contributed by atoms with Gasteiger partial charge in [-0.1, -0.05) is 13.8 Å². The van der Waals surface area contributed by atoms with E-state index < -0.39 is 0 Å². The molecule has 0 radical (unpaired) electrons. The molecule has 1 fully saturated rings. The Morgan fingerprint density at radius 1 is 1.24 bits per heavy atom. The van der Waals surface area contributed by atoms with E-state index in [0.29, 0.717) is 18.2 Å². The second kappa shape index (κ2) is 9.65. The minimum atomic E-state index is -0.0554. The monoisotopic (exact) mass is 401 g/mol. The van der Waals surface area contributed by atoms with E-state index in [-0.39, 0.29) is 11.9 Å². The third-order valence-corrected chi connectivity index (χ3v) is 5.89. The van der Waals surface area contributed by atoms with Crippen molar-refractivity contribution in [1.82, 2.24) is 34.6 Å². The van der Waals surface area contributed by atoms with Crippen molar-refractivity contribution in [3.8, 4) is 0 Å². The topological polar surface area (TPSA) is 69.0 Å². The Morgan fingerprint density at radius 2 is 2.00 bits per heavy atom. The van der Waals surface area contributed by atoms with Crippen LogP contribution in [0.5, 0.6) is 0 Å². The zero-order chi connectivity index (χ0) is 21.0. The number of carbonyl (C=O) groups is 1. The summed E-state index contributed by atoms with van der Waals surface area (Å²) in [6, 6.07) is 4.29. The number of fused-ring (bicyclic) bond motifs is 1. The average molecular weight is 402 g/mol. The van der Waals surface area contributed by atoms with Gasteiger partial charge in [-0.25, -0.2) is 0 Å². The third-order valence-electron chi connectivity index (χ3n) is 5.89. The molecule has 0 bridgehead atoms. The van der Waals surface area contributed by atoms with Crippen LogP contribution >= 0.6 is 0 Å². The zero-order valence-electron chi connectivity index (χ0n) is 18.4. The molecule has 1 aliphatic heterocycles. The van der Waals surface area contributed by atoms with Gasteiger partial charge in [0, 0.05) is 45.0 Å². The molecule has 0 aliphatic carbocycles. The smallest absolute Gasteiger partial charge is 0.252 e. The number of nitrogens with zero attached hydrogens (tertiary/aromatic N) is 6. The predicted molar refractivity (Wildman–Crippen MR) is 115 cm³/mol. The molecule has 8 nitrogen and oxygen atoms in total. The molecule has 3 rings (SSSR count). The molecule has 1 aliphatic rings. The van der Waals surface area contributed by atoms with Gasteiger partial charge in [-0.15, -0.1) is 10.2 Å². The van der Waals surface area contributed by atoms with Gasteiger partial charge in [-0.2, -0.15) is 0 Å². The highest BCUT2D eigenvalue weighted by Gasteiger charge is 2.31. The minimum absolute atomic E-state index is 0.0554. The van der Waals surface area contributed by atoms with Crippen molar-refractivity contribution in [2.24, 2.45) is 0 Å². The first kappa shape index (κ1) is 21.7. The lowest BCUT2D eigenvalue weighted by Crippen LogP contribution is -2.50. The summed E-state index contributed by atoms with van der Waals surface area (Å²) in [4.78, 5) is 19.8. The fraction of sp³-hybridized carbons (Fsp3) is 0.667. The van der Waals surface area contributed by atoms with Crippen LogP contribution in [-0.2, 0) is 0 Å². The van der Waals surface area contributed by atoms with Gasteiger partial charge in [-0.3, -0.25) is 14.1 Å². The summed E-state index contributed by atoms with van der Waals surface area (Å²) in [5.74, 6) is 0.846.